The predicted octanol–water partition coefficient (Wildman–Crippen LogP) is 2.05. The molecule has 0 radical (unpaired) electrons. The second-order valence-corrected chi connectivity index (χ2v) is 6.57. The van der Waals surface area contributed by atoms with Crippen LogP contribution in [0, 0.1) is 0 Å². The van der Waals surface area contributed by atoms with Gasteiger partial charge in [0.1, 0.15) is 5.88 Å². The smallest absolute Gasteiger partial charge is 0.239 e. The van der Waals surface area contributed by atoms with Crippen molar-refractivity contribution in [2.24, 2.45) is 0 Å². The van der Waals surface area contributed by atoms with Gasteiger partial charge in [-0.05, 0) is 38.1 Å². The van der Waals surface area contributed by atoms with Crippen LogP contribution in [0.25, 0.3) is 0 Å². The van der Waals surface area contributed by atoms with Gasteiger partial charge < -0.3 is 5.32 Å². The second-order valence-electron chi connectivity index (χ2n) is 3.80. The number of nitrogens with one attached hydrogen (secondary N) is 1. The van der Waals surface area contributed by atoms with Crippen molar-refractivity contribution in [2.45, 2.75) is 24.0 Å². The van der Waals surface area contributed by atoms with Gasteiger partial charge in [0.15, 0.2) is 9.84 Å². The average Bonchev–Trinajstić information content (AvgIpc) is 2.29. The number of anilines is 1. The van der Waals surface area contributed by atoms with E-state index in [1.807, 2.05) is 0 Å². The van der Waals surface area contributed by atoms with Crippen LogP contribution in [0.4, 0.5) is 5.69 Å². The van der Waals surface area contributed by atoms with E-state index in [1.165, 1.54) is 12.1 Å². The zero-order valence-electron chi connectivity index (χ0n) is 9.60. The van der Waals surface area contributed by atoms with Gasteiger partial charge in [-0.1, -0.05) is 0 Å². The fourth-order valence-electron chi connectivity index (χ4n) is 1.19. The Bertz CT molecular complexity index is 494. The normalized spacial score (nSPS) is 11.5. The van der Waals surface area contributed by atoms with E-state index in [0.29, 0.717) is 5.69 Å². The number of carbonyl (C=O) groups is 1. The molecular weight excluding hydrogens is 262 g/mol. The van der Waals surface area contributed by atoms with E-state index >= 15 is 0 Å². The molecule has 17 heavy (non-hydrogen) atoms. The number of amides is 1. The van der Waals surface area contributed by atoms with Crippen LogP contribution in [0.1, 0.15) is 13.8 Å². The molecule has 1 N–H and O–H groups in total. The zero-order chi connectivity index (χ0) is 13.1. The number of benzene rings is 1. The van der Waals surface area contributed by atoms with E-state index in [2.05, 4.69) is 5.32 Å². The SMILES string of the molecule is CC(C)S(=O)(=O)c1ccc(NC(=O)CCl)cc1. The van der Waals surface area contributed by atoms with E-state index in [-0.39, 0.29) is 16.7 Å². The fourth-order valence-corrected chi connectivity index (χ4v) is 2.32. The molecule has 1 rings (SSSR count). The van der Waals surface area contributed by atoms with Gasteiger partial charge in [0.25, 0.3) is 0 Å². The first-order chi connectivity index (χ1) is 7.87. The molecule has 0 fully saturated rings. The minimum atomic E-state index is -3.27. The lowest BCUT2D eigenvalue weighted by Crippen LogP contribution is -2.15. The number of sulfone groups is 1. The van der Waals surface area contributed by atoms with Crippen LogP contribution in [-0.4, -0.2) is 25.5 Å². The summed E-state index contributed by atoms with van der Waals surface area (Å²) >= 11 is 5.34. The Balaban J connectivity index is 2.93. The van der Waals surface area contributed by atoms with Gasteiger partial charge in [-0.25, -0.2) is 8.42 Å². The molecule has 94 valence electrons. The summed E-state index contributed by atoms with van der Waals surface area (Å²) in [4.78, 5) is 11.3. The fraction of sp³-hybridized carbons (Fsp3) is 0.364. The highest BCUT2D eigenvalue weighted by atomic mass is 35.5. The van der Waals surface area contributed by atoms with E-state index in [0.717, 1.165) is 0 Å². The van der Waals surface area contributed by atoms with Crippen molar-refractivity contribution in [3.63, 3.8) is 0 Å². The Morgan fingerprint density at radius 1 is 1.29 bits per heavy atom. The van der Waals surface area contributed by atoms with E-state index < -0.39 is 15.1 Å². The summed E-state index contributed by atoms with van der Waals surface area (Å²) in [5, 5.41) is 2.07. The Morgan fingerprint density at radius 2 is 1.82 bits per heavy atom. The van der Waals surface area contributed by atoms with Crippen molar-refractivity contribution in [3.8, 4) is 0 Å². The molecule has 0 aromatic heterocycles. The van der Waals surface area contributed by atoms with Crippen molar-refractivity contribution in [3.05, 3.63) is 24.3 Å². The van der Waals surface area contributed by atoms with Crippen LogP contribution < -0.4 is 5.32 Å². The first kappa shape index (κ1) is 14.0. The molecule has 0 atom stereocenters. The average molecular weight is 276 g/mol. The summed E-state index contributed by atoms with van der Waals surface area (Å²) in [5.74, 6) is -0.461. The molecular formula is C11H14ClNO3S. The van der Waals surface area contributed by atoms with Gasteiger partial charge >= 0.3 is 0 Å². The summed E-state index contributed by atoms with van der Waals surface area (Å²) < 4.78 is 23.6. The van der Waals surface area contributed by atoms with Gasteiger partial charge in [-0.15, -0.1) is 11.6 Å². The van der Waals surface area contributed by atoms with Crippen molar-refractivity contribution < 1.29 is 13.2 Å². The number of halogens is 1. The topological polar surface area (TPSA) is 63.2 Å². The molecule has 1 aromatic rings. The predicted molar refractivity (Wildman–Crippen MR) is 68.1 cm³/mol. The molecule has 0 bridgehead atoms. The maximum absolute atomic E-state index is 11.8. The van der Waals surface area contributed by atoms with Gasteiger partial charge in [-0.3, -0.25) is 4.79 Å². The number of hydrogen-bond acceptors (Lipinski definition) is 3. The molecule has 0 unspecified atom stereocenters. The zero-order valence-corrected chi connectivity index (χ0v) is 11.2. The largest absolute Gasteiger partial charge is 0.325 e. The molecule has 1 aromatic carbocycles. The van der Waals surface area contributed by atoms with Crippen LogP contribution in [-0.2, 0) is 14.6 Å². The van der Waals surface area contributed by atoms with E-state index in [4.69, 9.17) is 11.6 Å². The Morgan fingerprint density at radius 3 is 2.24 bits per heavy atom. The number of hydrogen-bond donors (Lipinski definition) is 1. The highest BCUT2D eigenvalue weighted by Gasteiger charge is 2.18. The van der Waals surface area contributed by atoms with Crippen LogP contribution >= 0.6 is 11.6 Å². The lowest BCUT2D eigenvalue weighted by Gasteiger charge is -2.08. The molecule has 0 aliphatic heterocycles. The summed E-state index contributed by atoms with van der Waals surface area (Å²) in [5.41, 5.74) is 0.526. The minimum absolute atomic E-state index is 0.133. The maximum Gasteiger partial charge on any atom is 0.239 e. The minimum Gasteiger partial charge on any atom is -0.325 e. The standard InChI is InChI=1S/C11H14ClNO3S/c1-8(2)17(15,16)10-5-3-9(4-6-10)13-11(14)7-12/h3-6,8H,7H2,1-2H3,(H,13,14). The molecule has 0 saturated carbocycles. The van der Waals surface area contributed by atoms with E-state index in [1.54, 1.807) is 26.0 Å². The molecule has 0 aliphatic rings. The van der Waals surface area contributed by atoms with Crippen molar-refractivity contribution >= 4 is 33.0 Å². The van der Waals surface area contributed by atoms with Crippen LogP contribution in [0.3, 0.4) is 0 Å². The number of rotatable bonds is 4. The third-order valence-electron chi connectivity index (χ3n) is 2.21. The second kappa shape index (κ2) is 5.51. The Hall–Kier alpha value is -1.07. The Labute approximate surface area is 106 Å². The number of carbonyl (C=O) groups excluding carboxylic acids is 1. The highest BCUT2D eigenvalue weighted by Crippen LogP contribution is 2.18. The third-order valence-corrected chi connectivity index (χ3v) is 4.62. The summed E-state index contributed by atoms with van der Waals surface area (Å²) in [7, 11) is -3.27. The van der Waals surface area contributed by atoms with Crippen molar-refractivity contribution in [1.29, 1.82) is 0 Å². The first-order valence-corrected chi connectivity index (χ1v) is 7.16. The molecule has 0 saturated heterocycles. The first-order valence-electron chi connectivity index (χ1n) is 5.07. The monoisotopic (exact) mass is 275 g/mol. The van der Waals surface area contributed by atoms with Gasteiger partial charge in [-0.2, -0.15) is 0 Å². The van der Waals surface area contributed by atoms with Gasteiger partial charge in [0, 0.05) is 5.69 Å². The van der Waals surface area contributed by atoms with Gasteiger partial charge in [0.2, 0.25) is 5.91 Å². The maximum atomic E-state index is 11.8. The summed E-state index contributed by atoms with van der Waals surface area (Å²) in [6.45, 7) is 3.25. The number of alkyl halides is 1. The Kier molecular flexibility index (Phi) is 4.54. The van der Waals surface area contributed by atoms with Crippen LogP contribution in [0.2, 0.25) is 0 Å². The molecule has 4 nitrogen and oxygen atoms in total. The molecule has 0 heterocycles. The van der Waals surface area contributed by atoms with Crippen LogP contribution in [0.5, 0.6) is 0 Å². The summed E-state index contributed by atoms with van der Waals surface area (Å²) in [6.07, 6.45) is 0. The van der Waals surface area contributed by atoms with Crippen molar-refractivity contribution in [2.75, 3.05) is 11.2 Å². The quantitative estimate of drug-likeness (QED) is 0.856. The van der Waals surface area contributed by atoms with E-state index in [9.17, 15) is 13.2 Å². The molecule has 6 heteroatoms. The molecule has 0 aliphatic carbocycles. The highest BCUT2D eigenvalue weighted by molar-refractivity contribution is 7.92. The van der Waals surface area contributed by atoms with Crippen LogP contribution in [0.15, 0.2) is 29.2 Å². The summed E-state index contributed by atoms with van der Waals surface area (Å²) in [6, 6.07) is 6.03. The van der Waals surface area contributed by atoms with Gasteiger partial charge in [0.05, 0.1) is 10.1 Å². The third kappa shape index (κ3) is 3.44. The molecule has 0 spiro atoms. The molecule has 1 amide bonds. The van der Waals surface area contributed by atoms with Crippen molar-refractivity contribution in [1.82, 2.24) is 0 Å². The lowest BCUT2D eigenvalue weighted by atomic mass is 10.3. The lowest BCUT2D eigenvalue weighted by molar-refractivity contribution is -0.113.